The summed E-state index contributed by atoms with van der Waals surface area (Å²) in [5.74, 6) is -0.821. The summed E-state index contributed by atoms with van der Waals surface area (Å²) < 4.78 is 65.5. The molecule has 2 aliphatic rings. The van der Waals surface area contributed by atoms with Crippen LogP contribution in [0, 0.1) is 5.82 Å². The van der Waals surface area contributed by atoms with Crippen LogP contribution in [0.2, 0.25) is 0 Å². The maximum Gasteiger partial charge on any atom is 0.258 e. The second-order valence-electron chi connectivity index (χ2n) is 7.88. The van der Waals surface area contributed by atoms with Crippen molar-refractivity contribution in [1.82, 2.24) is 10.0 Å². The van der Waals surface area contributed by atoms with Gasteiger partial charge in [-0.25, -0.2) is 35.9 Å². The molecule has 1 aliphatic carbocycles. The van der Waals surface area contributed by atoms with Crippen LogP contribution in [-0.2, 0) is 19.9 Å². The van der Waals surface area contributed by atoms with Gasteiger partial charge in [-0.05, 0) is 54.8 Å². The summed E-state index contributed by atoms with van der Waals surface area (Å²) in [6.45, 7) is 0. The van der Waals surface area contributed by atoms with Crippen LogP contribution >= 0.6 is 0 Å². The van der Waals surface area contributed by atoms with Crippen LogP contribution in [0.1, 0.15) is 23.2 Å². The van der Waals surface area contributed by atoms with E-state index in [1.165, 1.54) is 54.7 Å². The summed E-state index contributed by atoms with van der Waals surface area (Å²) in [7, 11) is -7.85. The zero-order valence-electron chi connectivity index (χ0n) is 18.0. The van der Waals surface area contributed by atoms with E-state index in [9.17, 15) is 26.0 Å². The topological polar surface area (TPSA) is 134 Å². The fourth-order valence-electron chi connectivity index (χ4n) is 3.69. The van der Waals surface area contributed by atoms with E-state index < -0.39 is 37.6 Å². The van der Waals surface area contributed by atoms with E-state index in [0.29, 0.717) is 18.4 Å². The molecule has 0 aromatic heterocycles. The quantitative estimate of drug-likeness (QED) is 0.641. The molecule has 2 atom stereocenters. The van der Waals surface area contributed by atoms with Crippen molar-refractivity contribution in [1.29, 1.82) is 0 Å². The highest BCUT2D eigenvalue weighted by atomic mass is 32.2. The highest BCUT2D eigenvalue weighted by Gasteiger charge is 2.30. The molecule has 0 spiro atoms. The maximum absolute atomic E-state index is 13.0. The predicted octanol–water partition coefficient (Wildman–Crippen LogP) is 1.84. The molecule has 2 aromatic carbocycles. The fraction of sp³-hybridized carbons (Fsp3) is 0.227. The van der Waals surface area contributed by atoms with Crippen molar-refractivity contribution in [2.75, 3.05) is 6.26 Å². The zero-order valence-corrected chi connectivity index (χ0v) is 19.6. The molecule has 0 fully saturated rings. The van der Waals surface area contributed by atoms with Gasteiger partial charge >= 0.3 is 0 Å². The van der Waals surface area contributed by atoms with Crippen LogP contribution in [0.5, 0.6) is 0 Å². The monoisotopic (exact) mass is 504 g/mol. The largest absolute Gasteiger partial charge is 0.291 e. The molecule has 12 heteroatoms. The highest BCUT2D eigenvalue weighted by molar-refractivity contribution is 7.93. The number of nitrogens with zero attached hydrogens (tertiary/aromatic N) is 2. The van der Waals surface area contributed by atoms with Gasteiger partial charge in [0.2, 0.25) is 16.0 Å². The molecule has 2 aromatic rings. The summed E-state index contributed by atoms with van der Waals surface area (Å²) in [5.41, 5.74) is 0.934. The normalized spacial score (nSPS) is 20.2. The number of hydrogen-bond acceptors (Lipinski definition) is 7. The first kappa shape index (κ1) is 23.9. The minimum atomic E-state index is -4.11. The van der Waals surface area contributed by atoms with Gasteiger partial charge in [0.25, 0.3) is 5.91 Å². The first-order valence-corrected chi connectivity index (χ1v) is 13.6. The number of halogens is 1. The fourth-order valence-corrected chi connectivity index (χ4v) is 6.53. The van der Waals surface area contributed by atoms with E-state index in [-0.39, 0.29) is 27.4 Å². The molecule has 34 heavy (non-hydrogen) atoms. The Morgan fingerprint density at radius 1 is 1.00 bits per heavy atom. The molecule has 1 heterocycles. The summed E-state index contributed by atoms with van der Waals surface area (Å²) in [5, 5.41) is 2.57. The third-order valence-electron chi connectivity index (χ3n) is 5.32. The molecule has 178 valence electrons. The maximum atomic E-state index is 13.0. The average molecular weight is 505 g/mol. The first-order chi connectivity index (χ1) is 16.0. The number of carbonyl (C=O) groups excluding carboxylic acids is 1. The van der Waals surface area contributed by atoms with Crippen molar-refractivity contribution in [3.8, 4) is 0 Å². The Morgan fingerprint density at radius 3 is 2.35 bits per heavy atom. The van der Waals surface area contributed by atoms with Crippen molar-refractivity contribution < 1.29 is 26.0 Å². The SMILES string of the molecule is CS(=O)(=O)c1ccccc1S(=O)(=O)NC1C=C2C=NC(NC(=O)c3ccc(F)cc3)=NC2CC1. The van der Waals surface area contributed by atoms with E-state index >= 15 is 0 Å². The van der Waals surface area contributed by atoms with Gasteiger partial charge in [-0.2, -0.15) is 0 Å². The molecule has 2 N–H and O–H groups in total. The van der Waals surface area contributed by atoms with E-state index in [1.54, 1.807) is 6.08 Å². The molecule has 1 aliphatic heterocycles. The number of hydrogen-bond donors (Lipinski definition) is 2. The van der Waals surface area contributed by atoms with Gasteiger partial charge in [0.1, 0.15) is 10.7 Å². The Bertz CT molecular complexity index is 1430. The van der Waals surface area contributed by atoms with Crippen molar-refractivity contribution in [2.45, 2.75) is 34.7 Å². The predicted molar refractivity (Wildman–Crippen MR) is 125 cm³/mol. The summed E-state index contributed by atoms with van der Waals surface area (Å²) >= 11 is 0. The zero-order chi connectivity index (χ0) is 24.5. The van der Waals surface area contributed by atoms with E-state index in [1.807, 2.05) is 0 Å². The Kier molecular flexibility index (Phi) is 6.47. The summed E-state index contributed by atoms with van der Waals surface area (Å²) in [6.07, 6.45) is 5.03. The lowest BCUT2D eigenvalue weighted by molar-refractivity contribution is 0.0976. The van der Waals surface area contributed by atoms with Gasteiger partial charge in [-0.3, -0.25) is 10.1 Å². The average Bonchev–Trinajstić information content (AvgIpc) is 2.79. The van der Waals surface area contributed by atoms with E-state index in [0.717, 1.165) is 6.26 Å². The first-order valence-electron chi connectivity index (χ1n) is 10.2. The van der Waals surface area contributed by atoms with Gasteiger partial charge in [0.05, 0.1) is 10.9 Å². The molecule has 4 rings (SSSR count). The molecule has 0 saturated carbocycles. The smallest absolute Gasteiger partial charge is 0.258 e. The molecule has 0 bridgehead atoms. The van der Waals surface area contributed by atoms with Crippen LogP contribution in [0.15, 0.2) is 80.0 Å². The van der Waals surface area contributed by atoms with Crippen LogP contribution in [0.3, 0.4) is 0 Å². The van der Waals surface area contributed by atoms with Gasteiger partial charge in [0.15, 0.2) is 9.84 Å². The lowest BCUT2D eigenvalue weighted by Crippen LogP contribution is -2.39. The standard InChI is InChI=1S/C22H21FN4O5S2/c1-33(29,30)19-4-2-3-5-20(19)34(31,32)27-17-10-11-18-15(12-17)13-24-22(25-18)26-21(28)14-6-8-16(23)9-7-14/h2-9,12-13,17-18,27H,10-11H2,1H3,(H,25,26,28). The van der Waals surface area contributed by atoms with Gasteiger partial charge < -0.3 is 0 Å². The van der Waals surface area contributed by atoms with Crippen molar-refractivity contribution in [3.63, 3.8) is 0 Å². The number of fused-ring (bicyclic) bond motifs is 1. The highest BCUT2D eigenvalue weighted by Crippen LogP contribution is 2.26. The number of aliphatic imine (C=N–C) groups is 2. The minimum absolute atomic E-state index is 0.109. The van der Waals surface area contributed by atoms with E-state index in [4.69, 9.17) is 0 Å². The number of nitrogens with one attached hydrogen (secondary N) is 2. The third kappa shape index (κ3) is 5.29. The summed E-state index contributed by atoms with van der Waals surface area (Å²) in [6, 6.07) is 9.59. The molecular weight excluding hydrogens is 483 g/mol. The summed E-state index contributed by atoms with van der Waals surface area (Å²) in [4.78, 5) is 20.3. The molecular formula is C22H21FN4O5S2. The number of sulfone groups is 1. The molecule has 1 amide bonds. The molecule has 2 unspecified atom stereocenters. The number of carbonyl (C=O) groups is 1. The number of guanidine groups is 1. The Balaban J connectivity index is 1.47. The Labute approximate surface area is 196 Å². The number of rotatable bonds is 5. The Morgan fingerprint density at radius 2 is 1.68 bits per heavy atom. The van der Waals surface area contributed by atoms with Crippen molar-refractivity contribution in [2.24, 2.45) is 9.98 Å². The van der Waals surface area contributed by atoms with Gasteiger partial charge in [0, 0.05) is 24.1 Å². The van der Waals surface area contributed by atoms with Crippen molar-refractivity contribution in [3.05, 3.63) is 71.6 Å². The van der Waals surface area contributed by atoms with Crippen molar-refractivity contribution >= 4 is 37.9 Å². The third-order valence-corrected chi connectivity index (χ3v) is 8.15. The van der Waals surface area contributed by atoms with Crippen LogP contribution in [0.25, 0.3) is 0 Å². The second kappa shape index (κ2) is 9.20. The number of benzene rings is 2. The van der Waals surface area contributed by atoms with Gasteiger partial charge in [-0.15, -0.1) is 0 Å². The minimum Gasteiger partial charge on any atom is -0.291 e. The lowest BCUT2D eigenvalue weighted by atomic mass is 9.92. The Hall–Kier alpha value is -3.22. The number of amides is 1. The second-order valence-corrected chi connectivity index (χ2v) is 11.5. The van der Waals surface area contributed by atoms with Crippen LogP contribution in [-0.4, -0.2) is 53.3 Å². The van der Waals surface area contributed by atoms with E-state index in [2.05, 4.69) is 20.0 Å². The number of sulfonamides is 1. The van der Waals surface area contributed by atoms with Crippen LogP contribution in [0.4, 0.5) is 4.39 Å². The molecule has 0 radical (unpaired) electrons. The molecule has 9 nitrogen and oxygen atoms in total. The van der Waals surface area contributed by atoms with Gasteiger partial charge in [-0.1, -0.05) is 18.2 Å². The van der Waals surface area contributed by atoms with Crippen LogP contribution < -0.4 is 10.0 Å². The molecule has 0 saturated heterocycles. The lowest BCUT2D eigenvalue weighted by Gasteiger charge is -2.27.